The van der Waals surface area contributed by atoms with E-state index in [4.69, 9.17) is 14.2 Å². The Labute approximate surface area is 182 Å². The lowest BCUT2D eigenvalue weighted by Crippen LogP contribution is -2.32. The molecule has 1 N–H and O–H groups in total. The van der Waals surface area contributed by atoms with E-state index in [0.29, 0.717) is 17.9 Å². The predicted octanol–water partition coefficient (Wildman–Crippen LogP) is 4.00. The Morgan fingerprint density at radius 2 is 1.90 bits per heavy atom. The first-order valence-electron chi connectivity index (χ1n) is 9.71. The molecule has 2 aromatic carbocycles. The van der Waals surface area contributed by atoms with E-state index < -0.39 is 17.9 Å². The van der Waals surface area contributed by atoms with E-state index in [0.717, 1.165) is 16.0 Å². The summed E-state index contributed by atoms with van der Waals surface area (Å²) in [5, 5.41) is 4.75. The van der Waals surface area contributed by atoms with Crippen LogP contribution in [0, 0.1) is 5.82 Å². The first-order valence-corrected chi connectivity index (χ1v) is 10.6. The molecule has 160 valence electrons. The van der Waals surface area contributed by atoms with Crippen LogP contribution in [0.2, 0.25) is 0 Å². The van der Waals surface area contributed by atoms with E-state index in [1.165, 1.54) is 23.5 Å². The number of esters is 1. The summed E-state index contributed by atoms with van der Waals surface area (Å²) in [6.07, 6.45) is 0.601. The summed E-state index contributed by atoms with van der Waals surface area (Å²) in [4.78, 5) is 25.4. The van der Waals surface area contributed by atoms with Crippen LogP contribution in [-0.4, -0.2) is 25.3 Å². The van der Waals surface area contributed by atoms with Gasteiger partial charge in [0.2, 0.25) is 6.79 Å². The Kier molecular flexibility index (Phi) is 6.47. The molecule has 1 aliphatic rings. The smallest absolute Gasteiger partial charge is 0.306 e. The maximum Gasteiger partial charge on any atom is 0.306 e. The fourth-order valence-electron chi connectivity index (χ4n) is 3.19. The van der Waals surface area contributed by atoms with E-state index in [-0.39, 0.29) is 25.6 Å². The van der Waals surface area contributed by atoms with Crippen LogP contribution in [0.15, 0.2) is 60.0 Å². The molecular formula is C23H20FNO5S. The maximum absolute atomic E-state index is 13.3. The number of carbonyl (C=O) groups is 2. The molecule has 0 spiro atoms. The minimum Gasteiger partial charge on any atom is -0.456 e. The Morgan fingerprint density at radius 3 is 2.68 bits per heavy atom. The van der Waals surface area contributed by atoms with Gasteiger partial charge in [0, 0.05) is 11.3 Å². The first kappa shape index (κ1) is 20.9. The van der Waals surface area contributed by atoms with Crippen molar-refractivity contribution >= 4 is 23.2 Å². The Hall–Kier alpha value is -3.39. The predicted molar refractivity (Wildman–Crippen MR) is 113 cm³/mol. The minimum atomic E-state index is -0.470. The SMILES string of the molecule is O=C(COC(=O)CCc1ccc2c(c1)OCO2)NC(c1ccc(F)cc1)c1cccs1. The number of halogens is 1. The van der Waals surface area contributed by atoms with Crippen molar-refractivity contribution in [3.05, 3.63) is 81.8 Å². The molecule has 4 rings (SSSR count). The zero-order valence-corrected chi connectivity index (χ0v) is 17.3. The van der Waals surface area contributed by atoms with Gasteiger partial charge < -0.3 is 19.5 Å². The average Bonchev–Trinajstić information content (AvgIpc) is 3.47. The second-order valence-corrected chi connectivity index (χ2v) is 7.90. The summed E-state index contributed by atoms with van der Waals surface area (Å²) in [6, 6.07) is 14.7. The Balaban J connectivity index is 1.29. The van der Waals surface area contributed by atoms with Crippen LogP contribution in [0.4, 0.5) is 4.39 Å². The lowest BCUT2D eigenvalue weighted by atomic mass is 10.1. The number of carbonyl (C=O) groups excluding carboxylic acids is 2. The third kappa shape index (κ3) is 5.40. The largest absolute Gasteiger partial charge is 0.456 e. The number of benzene rings is 2. The summed E-state index contributed by atoms with van der Waals surface area (Å²) < 4.78 is 29.0. The molecule has 1 aliphatic heterocycles. The third-order valence-electron chi connectivity index (χ3n) is 4.76. The van der Waals surface area contributed by atoms with E-state index in [1.54, 1.807) is 18.2 Å². The summed E-state index contributed by atoms with van der Waals surface area (Å²) >= 11 is 1.48. The molecule has 0 radical (unpaired) electrons. The fraction of sp³-hybridized carbons (Fsp3) is 0.217. The lowest BCUT2D eigenvalue weighted by molar-refractivity contribution is -0.148. The van der Waals surface area contributed by atoms with Crippen LogP contribution in [-0.2, 0) is 20.7 Å². The molecule has 1 unspecified atom stereocenters. The second-order valence-electron chi connectivity index (χ2n) is 6.92. The van der Waals surface area contributed by atoms with Crippen LogP contribution in [0.5, 0.6) is 11.5 Å². The average molecular weight is 441 g/mol. The molecule has 3 aromatic rings. The molecule has 0 aliphatic carbocycles. The molecule has 2 heterocycles. The molecular weight excluding hydrogens is 421 g/mol. The topological polar surface area (TPSA) is 73.9 Å². The van der Waals surface area contributed by atoms with Gasteiger partial charge in [-0.25, -0.2) is 4.39 Å². The highest BCUT2D eigenvalue weighted by Gasteiger charge is 2.19. The number of fused-ring (bicyclic) bond motifs is 1. The van der Waals surface area contributed by atoms with Gasteiger partial charge in [-0.05, 0) is 53.3 Å². The van der Waals surface area contributed by atoms with Crippen molar-refractivity contribution in [3.63, 3.8) is 0 Å². The minimum absolute atomic E-state index is 0.138. The number of aryl methyl sites for hydroxylation is 1. The van der Waals surface area contributed by atoms with Crippen molar-refractivity contribution in [2.45, 2.75) is 18.9 Å². The van der Waals surface area contributed by atoms with Gasteiger partial charge in [-0.2, -0.15) is 0 Å². The molecule has 0 bridgehead atoms. The van der Waals surface area contributed by atoms with Gasteiger partial charge in [-0.15, -0.1) is 11.3 Å². The van der Waals surface area contributed by atoms with Crippen molar-refractivity contribution in [1.82, 2.24) is 5.32 Å². The molecule has 1 atom stereocenters. The quantitative estimate of drug-likeness (QED) is 0.535. The number of nitrogens with one attached hydrogen (secondary N) is 1. The van der Waals surface area contributed by atoms with E-state index in [9.17, 15) is 14.0 Å². The second kappa shape index (κ2) is 9.61. The highest BCUT2D eigenvalue weighted by molar-refractivity contribution is 7.10. The number of rotatable bonds is 8. The van der Waals surface area contributed by atoms with Crippen LogP contribution in [0.3, 0.4) is 0 Å². The fourth-order valence-corrected chi connectivity index (χ4v) is 4.00. The number of hydrogen-bond acceptors (Lipinski definition) is 6. The number of hydrogen-bond donors (Lipinski definition) is 1. The normalized spacial score (nSPS) is 12.9. The van der Waals surface area contributed by atoms with E-state index in [2.05, 4.69) is 5.32 Å². The van der Waals surface area contributed by atoms with Crippen molar-refractivity contribution in [3.8, 4) is 11.5 Å². The van der Waals surface area contributed by atoms with Crippen LogP contribution in [0.25, 0.3) is 0 Å². The molecule has 0 fully saturated rings. The summed E-state index contributed by atoms with van der Waals surface area (Å²) in [5.41, 5.74) is 1.66. The zero-order chi connectivity index (χ0) is 21.6. The first-order chi connectivity index (χ1) is 15.1. The zero-order valence-electron chi connectivity index (χ0n) is 16.5. The molecule has 1 amide bonds. The maximum atomic E-state index is 13.3. The van der Waals surface area contributed by atoms with E-state index in [1.807, 2.05) is 29.6 Å². The van der Waals surface area contributed by atoms with Crippen LogP contribution >= 0.6 is 11.3 Å². The van der Waals surface area contributed by atoms with Gasteiger partial charge >= 0.3 is 5.97 Å². The summed E-state index contributed by atoms with van der Waals surface area (Å²) in [6.45, 7) is -0.191. The number of ether oxygens (including phenoxy) is 3. The monoisotopic (exact) mass is 441 g/mol. The molecule has 0 saturated carbocycles. The molecule has 8 heteroatoms. The van der Waals surface area contributed by atoms with Crippen LogP contribution in [0.1, 0.15) is 28.5 Å². The van der Waals surface area contributed by atoms with Gasteiger partial charge in [-0.3, -0.25) is 9.59 Å². The molecule has 0 saturated heterocycles. The van der Waals surface area contributed by atoms with Crippen molar-refractivity contribution in [2.24, 2.45) is 0 Å². The Morgan fingerprint density at radius 1 is 1.10 bits per heavy atom. The van der Waals surface area contributed by atoms with Gasteiger partial charge in [0.05, 0.1) is 6.04 Å². The standard InChI is InChI=1S/C23H20FNO5S/c24-17-7-5-16(6-8-17)23(20-2-1-11-31-20)25-21(26)13-28-22(27)10-4-15-3-9-18-19(12-15)30-14-29-18/h1-3,5-9,11-12,23H,4,10,13-14H2,(H,25,26). The van der Waals surface area contributed by atoms with Crippen molar-refractivity contribution < 1.29 is 28.2 Å². The van der Waals surface area contributed by atoms with Crippen molar-refractivity contribution in [2.75, 3.05) is 13.4 Å². The molecule has 1 aromatic heterocycles. The van der Waals surface area contributed by atoms with Gasteiger partial charge in [-0.1, -0.05) is 24.3 Å². The third-order valence-corrected chi connectivity index (χ3v) is 5.69. The highest BCUT2D eigenvalue weighted by Crippen LogP contribution is 2.32. The lowest BCUT2D eigenvalue weighted by Gasteiger charge is -2.18. The number of thiophene rings is 1. The van der Waals surface area contributed by atoms with Crippen molar-refractivity contribution in [1.29, 1.82) is 0 Å². The highest BCUT2D eigenvalue weighted by atomic mass is 32.1. The number of amides is 1. The van der Waals surface area contributed by atoms with Gasteiger partial charge in [0.1, 0.15) is 5.82 Å². The summed E-state index contributed by atoms with van der Waals surface area (Å²) in [5.74, 6) is 0.0907. The van der Waals surface area contributed by atoms with Gasteiger partial charge in [0.25, 0.3) is 5.91 Å². The Bertz CT molecular complexity index is 1050. The molecule has 6 nitrogen and oxygen atoms in total. The van der Waals surface area contributed by atoms with Gasteiger partial charge in [0.15, 0.2) is 18.1 Å². The molecule has 31 heavy (non-hydrogen) atoms. The summed E-state index contributed by atoms with van der Waals surface area (Å²) in [7, 11) is 0. The van der Waals surface area contributed by atoms with Crippen LogP contribution < -0.4 is 14.8 Å². The van der Waals surface area contributed by atoms with E-state index >= 15 is 0 Å².